The second-order valence-corrected chi connectivity index (χ2v) is 16.3. The number of rotatable bonds is 8. The molecule has 1 heterocycles. The molecule has 5 rings (SSSR count). The molecule has 12 nitrogen and oxygen atoms in total. The number of aliphatic hydroxyl groups excluding tert-OH is 6. The number of aromatic hydroxyl groups is 1. The van der Waals surface area contributed by atoms with Gasteiger partial charge in [0.2, 0.25) is 6.29 Å². The van der Waals surface area contributed by atoms with Crippen molar-refractivity contribution in [3.63, 3.8) is 0 Å². The SMILES string of the molecule is Cc1c(O)c(OC2OC(CO)C(O)C(O)C2O)cc2c1CC[C@H]1[C@]3(C)CC(O)C(C(C)(O)C(O)CCC(C)(C)O)[C@@]3(C)CC(=O)[C@]21C. The molecule has 2 saturated carbocycles. The van der Waals surface area contributed by atoms with Gasteiger partial charge in [0.25, 0.3) is 0 Å². The van der Waals surface area contributed by atoms with E-state index in [-0.39, 0.29) is 48.9 Å². The molecule has 0 radical (unpaired) electrons. The number of carbonyl (C=O) groups is 1. The van der Waals surface area contributed by atoms with Crippen molar-refractivity contribution in [1.82, 2.24) is 0 Å². The second-order valence-electron chi connectivity index (χ2n) is 16.3. The minimum absolute atomic E-state index is 0.00878. The normalized spacial score (nSPS) is 42.2. The molecule has 0 amide bonds. The van der Waals surface area contributed by atoms with Crippen molar-refractivity contribution in [3.8, 4) is 11.5 Å². The summed E-state index contributed by atoms with van der Waals surface area (Å²) in [6.45, 7) is 11.7. The number of hydrogen-bond acceptors (Lipinski definition) is 12. The van der Waals surface area contributed by atoms with Crippen molar-refractivity contribution in [2.75, 3.05) is 6.61 Å². The lowest BCUT2D eigenvalue weighted by molar-refractivity contribution is -0.277. The Morgan fingerprint density at radius 2 is 1.68 bits per heavy atom. The topological polar surface area (TPSA) is 218 Å². The van der Waals surface area contributed by atoms with Crippen molar-refractivity contribution in [2.24, 2.45) is 22.7 Å². The zero-order valence-corrected chi connectivity index (χ0v) is 28.5. The molecule has 1 aromatic rings. The Hall–Kier alpha value is -1.87. The molecule has 47 heavy (non-hydrogen) atoms. The van der Waals surface area contributed by atoms with Crippen LogP contribution in [0.25, 0.3) is 0 Å². The smallest absolute Gasteiger partial charge is 0.229 e. The summed E-state index contributed by atoms with van der Waals surface area (Å²) >= 11 is 0. The first-order chi connectivity index (χ1) is 21.6. The third-order valence-corrected chi connectivity index (χ3v) is 12.9. The van der Waals surface area contributed by atoms with E-state index in [1.165, 1.54) is 6.92 Å². The fraction of sp³-hybridized carbons (Fsp3) is 0.800. The third kappa shape index (κ3) is 5.43. The highest BCUT2D eigenvalue weighted by atomic mass is 16.7. The molecule has 1 aromatic carbocycles. The predicted octanol–water partition coefficient (Wildman–Crippen LogP) is 0.729. The Balaban J connectivity index is 1.53. The highest BCUT2D eigenvalue weighted by Gasteiger charge is 2.73. The van der Waals surface area contributed by atoms with Crippen LogP contribution in [-0.4, -0.2) is 112 Å². The predicted molar refractivity (Wildman–Crippen MR) is 169 cm³/mol. The lowest BCUT2D eigenvalue weighted by Gasteiger charge is -2.62. The Kier molecular flexibility index (Phi) is 9.20. The lowest BCUT2D eigenvalue weighted by atomic mass is 9.41. The van der Waals surface area contributed by atoms with Gasteiger partial charge in [-0.25, -0.2) is 0 Å². The zero-order chi connectivity index (χ0) is 35.2. The van der Waals surface area contributed by atoms with Gasteiger partial charge < -0.3 is 55.4 Å². The number of aliphatic hydroxyl groups is 8. The van der Waals surface area contributed by atoms with Gasteiger partial charge in [0.1, 0.15) is 30.2 Å². The summed E-state index contributed by atoms with van der Waals surface area (Å²) in [5.74, 6) is -1.58. The van der Waals surface area contributed by atoms with Crippen LogP contribution in [0.1, 0.15) is 90.3 Å². The van der Waals surface area contributed by atoms with E-state index in [4.69, 9.17) is 9.47 Å². The van der Waals surface area contributed by atoms with E-state index in [9.17, 15) is 50.8 Å². The maximum atomic E-state index is 14.6. The van der Waals surface area contributed by atoms with Crippen molar-refractivity contribution in [1.29, 1.82) is 0 Å². The van der Waals surface area contributed by atoms with Crippen molar-refractivity contribution in [3.05, 3.63) is 22.8 Å². The standard InChI is InChI=1S/C35H54O12/c1-16-17-8-9-22-32(4)13-19(37)29(35(7,45)23(38)10-11-31(2,3)44)33(32,5)14-24(39)34(22,6)18(17)12-20(25(16)40)46-30-28(43)27(42)26(41)21(15-36)47-30/h12,19,21-23,26-30,36-38,40-45H,8-11,13-15H2,1-7H3/t19?,21?,22-,23?,26?,27?,28?,29?,30?,32-,33+,34+,35?/m0/s1. The summed E-state index contributed by atoms with van der Waals surface area (Å²) in [4.78, 5) is 14.6. The summed E-state index contributed by atoms with van der Waals surface area (Å²) in [5, 5.41) is 96.9. The Bertz CT molecular complexity index is 1370. The monoisotopic (exact) mass is 666 g/mol. The number of phenolic OH excluding ortho intramolecular Hbond substituents is 1. The molecule has 0 aromatic heterocycles. The number of benzene rings is 1. The Morgan fingerprint density at radius 3 is 2.28 bits per heavy atom. The number of ketones is 1. The maximum Gasteiger partial charge on any atom is 0.229 e. The van der Waals surface area contributed by atoms with Crippen LogP contribution in [0.3, 0.4) is 0 Å². The lowest BCUT2D eigenvalue weighted by Crippen LogP contribution is -2.64. The van der Waals surface area contributed by atoms with Crippen molar-refractivity contribution >= 4 is 5.78 Å². The molecule has 266 valence electrons. The molecule has 4 aliphatic rings. The minimum Gasteiger partial charge on any atom is -0.504 e. The number of hydrogen-bond donors (Lipinski definition) is 9. The van der Waals surface area contributed by atoms with Crippen LogP contribution in [-0.2, 0) is 21.4 Å². The molecule has 13 atom stereocenters. The van der Waals surface area contributed by atoms with Gasteiger partial charge in [-0.3, -0.25) is 4.79 Å². The number of phenols is 1. The molecule has 3 fully saturated rings. The number of carbonyl (C=O) groups excluding carboxylic acids is 1. The minimum atomic E-state index is -1.76. The van der Waals surface area contributed by atoms with Crippen LogP contribution in [0, 0.1) is 29.6 Å². The average Bonchev–Trinajstić information content (AvgIpc) is 3.19. The zero-order valence-electron chi connectivity index (χ0n) is 28.5. The summed E-state index contributed by atoms with van der Waals surface area (Å²) in [7, 11) is 0. The fourth-order valence-electron chi connectivity index (χ4n) is 10.0. The van der Waals surface area contributed by atoms with Gasteiger partial charge in [-0.2, -0.15) is 0 Å². The molecule has 9 unspecified atom stereocenters. The fourth-order valence-corrected chi connectivity index (χ4v) is 10.0. The molecule has 9 N–H and O–H groups in total. The van der Waals surface area contributed by atoms with Crippen LogP contribution in [0.4, 0.5) is 0 Å². The van der Waals surface area contributed by atoms with Gasteiger partial charge in [-0.15, -0.1) is 0 Å². The maximum absolute atomic E-state index is 14.6. The molecule has 0 bridgehead atoms. The van der Waals surface area contributed by atoms with E-state index in [2.05, 4.69) is 6.92 Å². The van der Waals surface area contributed by atoms with E-state index in [1.807, 2.05) is 13.8 Å². The van der Waals surface area contributed by atoms with Crippen LogP contribution in [0.5, 0.6) is 11.5 Å². The van der Waals surface area contributed by atoms with E-state index in [0.717, 1.165) is 5.56 Å². The molecular formula is C35H54O12. The number of fused-ring (bicyclic) bond motifs is 5. The first-order valence-electron chi connectivity index (χ1n) is 16.7. The third-order valence-electron chi connectivity index (χ3n) is 12.9. The summed E-state index contributed by atoms with van der Waals surface area (Å²) in [6, 6.07) is 1.56. The largest absolute Gasteiger partial charge is 0.504 e. The van der Waals surface area contributed by atoms with E-state index < -0.39 is 82.9 Å². The molecule has 3 aliphatic carbocycles. The van der Waals surface area contributed by atoms with Crippen LogP contribution in [0.2, 0.25) is 0 Å². The van der Waals surface area contributed by atoms with Crippen LogP contribution < -0.4 is 4.74 Å². The van der Waals surface area contributed by atoms with E-state index in [1.54, 1.807) is 26.8 Å². The van der Waals surface area contributed by atoms with E-state index >= 15 is 0 Å². The highest BCUT2D eigenvalue weighted by Crippen LogP contribution is 2.72. The highest BCUT2D eigenvalue weighted by molar-refractivity contribution is 5.93. The molecule has 1 aliphatic heterocycles. The van der Waals surface area contributed by atoms with E-state index in [0.29, 0.717) is 24.0 Å². The summed E-state index contributed by atoms with van der Waals surface area (Å²) in [6.07, 6.45) is -8.28. The molecule has 0 spiro atoms. The average molecular weight is 667 g/mol. The Morgan fingerprint density at radius 1 is 1.04 bits per heavy atom. The van der Waals surface area contributed by atoms with Gasteiger partial charge in [-0.05, 0) is 106 Å². The summed E-state index contributed by atoms with van der Waals surface area (Å²) < 4.78 is 11.4. The van der Waals surface area contributed by atoms with Crippen LogP contribution in [0.15, 0.2) is 6.07 Å². The molecule has 12 heteroatoms. The molecular weight excluding hydrogens is 612 g/mol. The molecule has 1 saturated heterocycles. The van der Waals surface area contributed by atoms with Gasteiger partial charge in [0.15, 0.2) is 11.5 Å². The van der Waals surface area contributed by atoms with Crippen molar-refractivity contribution < 1.29 is 60.2 Å². The second kappa shape index (κ2) is 11.9. The summed E-state index contributed by atoms with van der Waals surface area (Å²) in [5.41, 5.74) is -3.57. The first kappa shape index (κ1) is 36.4. The van der Waals surface area contributed by atoms with Crippen molar-refractivity contribution in [2.45, 2.75) is 147 Å². The quantitative estimate of drug-likeness (QED) is 0.188. The van der Waals surface area contributed by atoms with Gasteiger partial charge in [0, 0.05) is 12.3 Å². The van der Waals surface area contributed by atoms with Gasteiger partial charge in [-0.1, -0.05) is 13.8 Å². The van der Waals surface area contributed by atoms with Gasteiger partial charge >= 0.3 is 0 Å². The Labute approximate surface area is 276 Å². The van der Waals surface area contributed by atoms with Gasteiger partial charge in [0.05, 0.1) is 35.4 Å². The first-order valence-corrected chi connectivity index (χ1v) is 16.7. The van der Waals surface area contributed by atoms with Crippen LogP contribution >= 0.6 is 0 Å². The number of ether oxygens (including phenoxy) is 2. The number of Topliss-reactive ketones (excluding diaryl/α,β-unsaturated/α-hetero) is 1.